The van der Waals surface area contributed by atoms with Gasteiger partial charge in [0.05, 0.1) is 11.7 Å². The highest BCUT2D eigenvalue weighted by Crippen LogP contribution is 2.28. The van der Waals surface area contributed by atoms with E-state index in [2.05, 4.69) is 39.6 Å². The Morgan fingerprint density at radius 3 is 2.84 bits per heavy atom. The lowest BCUT2D eigenvalue weighted by molar-refractivity contribution is 0.485. The lowest BCUT2D eigenvalue weighted by Crippen LogP contribution is -2.33. The molecular weight excluding hydrogens is 258 g/mol. The summed E-state index contributed by atoms with van der Waals surface area (Å²) in [4.78, 5) is 8.85. The average molecular weight is 274 g/mol. The SMILES string of the molecule is Cc1nc(Cl)c2c(n1)C(Cc1ccccc1)NCC2. The predicted octanol–water partition coefficient (Wildman–Crippen LogP) is 2.87. The van der Waals surface area contributed by atoms with Gasteiger partial charge in [-0.1, -0.05) is 41.9 Å². The van der Waals surface area contributed by atoms with Gasteiger partial charge < -0.3 is 5.32 Å². The van der Waals surface area contributed by atoms with Gasteiger partial charge in [-0.05, 0) is 31.9 Å². The standard InChI is InChI=1S/C15H16ClN3/c1-10-18-14-12(15(16)19-10)7-8-17-13(14)9-11-5-3-2-4-6-11/h2-6,13,17H,7-9H2,1H3. The third kappa shape index (κ3) is 2.62. The molecule has 1 aromatic heterocycles. The summed E-state index contributed by atoms with van der Waals surface area (Å²) in [7, 11) is 0. The van der Waals surface area contributed by atoms with Gasteiger partial charge in [0.25, 0.3) is 0 Å². The number of aryl methyl sites for hydroxylation is 1. The van der Waals surface area contributed by atoms with E-state index in [1.54, 1.807) is 0 Å². The van der Waals surface area contributed by atoms with Crippen LogP contribution in [0.3, 0.4) is 0 Å². The molecule has 3 rings (SSSR count). The van der Waals surface area contributed by atoms with Crippen molar-refractivity contribution in [2.24, 2.45) is 0 Å². The van der Waals surface area contributed by atoms with Crippen molar-refractivity contribution in [3.05, 3.63) is 58.1 Å². The number of halogens is 1. The minimum Gasteiger partial charge on any atom is -0.308 e. The molecule has 0 fully saturated rings. The van der Waals surface area contributed by atoms with Crippen LogP contribution < -0.4 is 5.32 Å². The molecule has 1 aromatic carbocycles. The monoisotopic (exact) mass is 273 g/mol. The fraction of sp³-hybridized carbons (Fsp3) is 0.333. The van der Waals surface area contributed by atoms with E-state index in [4.69, 9.17) is 11.6 Å². The van der Waals surface area contributed by atoms with E-state index < -0.39 is 0 Å². The average Bonchev–Trinajstić information content (AvgIpc) is 2.41. The number of benzene rings is 1. The second-order valence-electron chi connectivity index (χ2n) is 4.87. The first kappa shape index (κ1) is 12.6. The molecule has 1 unspecified atom stereocenters. The summed E-state index contributed by atoms with van der Waals surface area (Å²) < 4.78 is 0. The summed E-state index contributed by atoms with van der Waals surface area (Å²) in [6, 6.07) is 10.7. The molecule has 0 saturated carbocycles. The minimum absolute atomic E-state index is 0.227. The van der Waals surface area contributed by atoms with Crippen molar-refractivity contribution in [3.63, 3.8) is 0 Å². The first-order valence-corrected chi connectivity index (χ1v) is 6.92. The van der Waals surface area contributed by atoms with Crippen molar-refractivity contribution in [1.82, 2.24) is 15.3 Å². The van der Waals surface area contributed by atoms with Crippen LogP contribution in [0.4, 0.5) is 0 Å². The van der Waals surface area contributed by atoms with Crippen molar-refractivity contribution in [1.29, 1.82) is 0 Å². The van der Waals surface area contributed by atoms with E-state index in [1.165, 1.54) is 5.56 Å². The molecular formula is C15H16ClN3. The van der Waals surface area contributed by atoms with E-state index in [9.17, 15) is 0 Å². The summed E-state index contributed by atoms with van der Waals surface area (Å²) in [6.07, 6.45) is 1.83. The third-order valence-corrected chi connectivity index (χ3v) is 3.79. The van der Waals surface area contributed by atoms with Crippen molar-refractivity contribution < 1.29 is 0 Å². The zero-order valence-corrected chi connectivity index (χ0v) is 11.6. The Balaban J connectivity index is 1.94. The first-order valence-electron chi connectivity index (χ1n) is 6.54. The molecule has 1 aliphatic heterocycles. The summed E-state index contributed by atoms with van der Waals surface area (Å²) in [6.45, 7) is 2.82. The van der Waals surface area contributed by atoms with Crippen LogP contribution >= 0.6 is 11.6 Å². The van der Waals surface area contributed by atoms with Crippen molar-refractivity contribution in [2.75, 3.05) is 6.54 Å². The molecule has 0 amide bonds. The summed E-state index contributed by atoms with van der Waals surface area (Å²) >= 11 is 6.24. The largest absolute Gasteiger partial charge is 0.308 e. The second kappa shape index (κ2) is 5.27. The van der Waals surface area contributed by atoms with Crippen LogP contribution in [-0.2, 0) is 12.8 Å². The Bertz CT molecular complexity index is 583. The summed E-state index contributed by atoms with van der Waals surface area (Å²) in [5.74, 6) is 0.741. The van der Waals surface area contributed by atoms with E-state index in [-0.39, 0.29) is 6.04 Å². The smallest absolute Gasteiger partial charge is 0.136 e. The van der Waals surface area contributed by atoms with Crippen LogP contribution in [0, 0.1) is 6.92 Å². The van der Waals surface area contributed by atoms with Crippen LogP contribution in [0.25, 0.3) is 0 Å². The number of nitrogens with zero attached hydrogens (tertiary/aromatic N) is 2. The van der Waals surface area contributed by atoms with Gasteiger partial charge >= 0.3 is 0 Å². The first-order chi connectivity index (χ1) is 9.24. The zero-order valence-electron chi connectivity index (χ0n) is 10.9. The lowest BCUT2D eigenvalue weighted by atomic mass is 9.95. The molecule has 0 aliphatic carbocycles. The van der Waals surface area contributed by atoms with Gasteiger partial charge in [0.2, 0.25) is 0 Å². The van der Waals surface area contributed by atoms with Crippen molar-refractivity contribution in [3.8, 4) is 0 Å². The van der Waals surface area contributed by atoms with Gasteiger partial charge in [-0.3, -0.25) is 0 Å². The maximum Gasteiger partial charge on any atom is 0.136 e. The minimum atomic E-state index is 0.227. The fourth-order valence-electron chi connectivity index (χ4n) is 2.59. The Labute approximate surface area is 118 Å². The summed E-state index contributed by atoms with van der Waals surface area (Å²) in [5.41, 5.74) is 3.47. The number of hydrogen-bond acceptors (Lipinski definition) is 3. The van der Waals surface area contributed by atoms with Crippen molar-refractivity contribution >= 4 is 11.6 Å². The van der Waals surface area contributed by atoms with E-state index in [0.717, 1.165) is 36.5 Å². The van der Waals surface area contributed by atoms with Gasteiger partial charge in [-0.2, -0.15) is 0 Å². The zero-order chi connectivity index (χ0) is 13.2. The highest BCUT2D eigenvalue weighted by Gasteiger charge is 2.24. The second-order valence-corrected chi connectivity index (χ2v) is 5.23. The maximum absolute atomic E-state index is 6.24. The van der Waals surface area contributed by atoms with E-state index >= 15 is 0 Å². The van der Waals surface area contributed by atoms with E-state index in [0.29, 0.717) is 5.15 Å². The Kier molecular flexibility index (Phi) is 3.49. The van der Waals surface area contributed by atoms with Gasteiger partial charge in [0.1, 0.15) is 11.0 Å². The van der Waals surface area contributed by atoms with Crippen molar-refractivity contribution in [2.45, 2.75) is 25.8 Å². The van der Waals surface area contributed by atoms with Crippen LogP contribution in [0.15, 0.2) is 30.3 Å². The molecule has 4 heteroatoms. The van der Waals surface area contributed by atoms with Crippen LogP contribution in [0.5, 0.6) is 0 Å². The molecule has 1 atom stereocenters. The van der Waals surface area contributed by atoms with Gasteiger partial charge in [0, 0.05) is 5.56 Å². The molecule has 98 valence electrons. The van der Waals surface area contributed by atoms with Gasteiger partial charge in [-0.15, -0.1) is 0 Å². The highest BCUT2D eigenvalue weighted by molar-refractivity contribution is 6.30. The number of rotatable bonds is 2. The highest BCUT2D eigenvalue weighted by atomic mass is 35.5. The molecule has 1 aliphatic rings. The third-order valence-electron chi connectivity index (χ3n) is 3.48. The number of fused-ring (bicyclic) bond motifs is 1. The predicted molar refractivity (Wildman–Crippen MR) is 76.4 cm³/mol. The molecule has 2 heterocycles. The Morgan fingerprint density at radius 2 is 2.05 bits per heavy atom. The quantitative estimate of drug-likeness (QED) is 0.855. The van der Waals surface area contributed by atoms with Crippen LogP contribution in [0.1, 0.15) is 28.7 Å². The normalized spacial score (nSPS) is 18.1. The molecule has 0 spiro atoms. The van der Waals surface area contributed by atoms with Gasteiger partial charge in [-0.25, -0.2) is 9.97 Å². The topological polar surface area (TPSA) is 37.8 Å². The number of hydrogen-bond donors (Lipinski definition) is 1. The van der Waals surface area contributed by atoms with Gasteiger partial charge in [0.15, 0.2) is 0 Å². The molecule has 19 heavy (non-hydrogen) atoms. The number of aromatic nitrogens is 2. The number of nitrogens with one attached hydrogen (secondary N) is 1. The van der Waals surface area contributed by atoms with Crippen LogP contribution in [0.2, 0.25) is 5.15 Å². The summed E-state index contributed by atoms with van der Waals surface area (Å²) in [5, 5.41) is 4.14. The maximum atomic E-state index is 6.24. The molecule has 1 N–H and O–H groups in total. The molecule has 2 aromatic rings. The fourth-order valence-corrected chi connectivity index (χ4v) is 2.90. The molecule has 0 saturated heterocycles. The lowest BCUT2D eigenvalue weighted by Gasteiger charge is -2.26. The molecule has 0 bridgehead atoms. The van der Waals surface area contributed by atoms with Crippen LogP contribution in [-0.4, -0.2) is 16.5 Å². The Hall–Kier alpha value is -1.45. The Morgan fingerprint density at radius 1 is 1.26 bits per heavy atom. The molecule has 0 radical (unpaired) electrons. The van der Waals surface area contributed by atoms with E-state index in [1.807, 2.05) is 13.0 Å². The molecule has 3 nitrogen and oxygen atoms in total.